The summed E-state index contributed by atoms with van der Waals surface area (Å²) < 4.78 is 5.22. The van der Waals surface area contributed by atoms with E-state index in [0.717, 1.165) is 30.6 Å². The largest absolute Gasteiger partial charge is 0.385 e. The lowest BCUT2D eigenvalue weighted by atomic mass is 9.97. The van der Waals surface area contributed by atoms with Crippen LogP contribution in [0.25, 0.3) is 0 Å². The first-order valence-electron chi connectivity index (χ1n) is 7.75. The van der Waals surface area contributed by atoms with Crippen LogP contribution < -0.4 is 10.6 Å². The number of nitrogens with one attached hydrogen (secondary N) is 2. The Kier molecular flexibility index (Phi) is 6.24. The van der Waals surface area contributed by atoms with Gasteiger partial charge in [0.05, 0.1) is 19.8 Å². The molecule has 1 fully saturated rings. The first-order chi connectivity index (χ1) is 10.8. The number of rotatable bonds is 3. The van der Waals surface area contributed by atoms with Gasteiger partial charge in [0, 0.05) is 30.9 Å². The Balaban J connectivity index is 0.00000192. The van der Waals surface area contributed by atoms with Gasteiger partial charge in [-0.2, -0.15) is 0 Å². The molecule has 2 aliphatic heterocycles. The van der Waals surface area contributed by atoms with Gasteiger partial charge in [-0.05, 0) is 30.5 Å². The average Bonchev–Trinajstić information content (AvgIpc) is 2.59. The van der Waals surface area contributed by atoms with Crippen molar-refractivity contribution >= 4 is 29.9 Å². The van der Waals surface area contributed by atoms with Crippen molar-refractivity contribution < 1.29 is 14.3 Å². The molecule has 2 N–H and O–H groups in total. The number of carbonyl (C=O) groups excluding carboxylic acids is 2. The molecule has 0 bridgehead atoms. The van der Waals surface area contributed by atoms with Gasteiger partial charge in [-0.15, -0.1) is 12.4 Å². The molecular formula is C16H22ClN3O3. The number of halogens is 1. The van der Waals surface area contributed by atoms with Gasteiger partial charge in [0.1, 0.15) is 0 Å². The third-order valence-corrected chi connectivity index (χ3v) is 4.10. The highest BCUT2D eigenvalue weighted by atomic mass is 35.5. The van der Waals surface area contributed by atoms with Crippen LogP contribution in [0.4, 0.5) is 5.69 Å². The average molecular weight is 340 g/mol. The van der Waals surface area contributed by atoms with Crippen LogP contribution in [0.3, 0.4) is 0 Å². The minimum atomic E-state index is -0.179. The predicted molar refractivity (Wildman–Crippen MR) is 90.2 cm³/mol. The fraction of sp³-hybridized carbons (Fsp3) is 0.500. The highest BCUT2D eigenvalue weighted by Gasteiger charge is 2.20. The van der Waals surface area contributed by atoms with Gasteiger partial charge in [-0.3, -0.25) is 9.59 Å². The fourth-order valence-corrected chi connectivity index (χ4v) is 2.90. The van der Waals surface area contributed by atoms with Gasteiger partial charge in [0.25, 0.3) is 5.91 Å². The van der Waals surface area contributed by atoms with Crippen molar-refractivity contribution in [3.8, 4) is 0 Å². The third kappa shape index (κ3) is 4.14. The summed E-state index contributed by atoms with van der Waals surface area (Å²) in [7, 11) is 0. The van der Waals surface area contributed by atoms with Gasteiger partial charge in [0.15, 0.2) is 0 Å². The summed E-state index contributed by atoms with van der Waals surface area (Å²) >= 11 is 0. The predicted octanol–water partition coefficient (Wildman–Crippen LogP) is 1.06. The second-order valence-electron chi connectivity index (χ2n) is 5.54. The lowest BCUT2D eigenvalue weighted by Gasteiger charge is -2.27. The minimum absolute atomic E-state index is 0. The Morgan fingerprint density at radius 2 is 2.04 bits per heavy atom. The molecule has 23 heavy (non-hydrogen) atoms. The van der Waals surface area contributed by atoms with Crippen LogP contribution in [0.15, 0.2) is 18.2 Å². The molecule has 0 unspecified atom stereocenters. The van der Waals surface area contributed by atoms with E-state index in [1.165, 1.54) is 0 Å². The maximum absolute atomic E-state index is 12.4. The van der Waals surface area contributed by atoms with Gasteiger partial charge >= 0.3 is 0 Å². The van der Waals surface area contributed by atoms with E-state index in [1.807, 2.05) is 18.2 Å². The summed E-state index contributed by atoms with van der Waals surface area (Å²) in [5.74, 6) is -0.235. The van der Waals surface area contributed by atoms with Crippen molar-refractivity contribution in [2.75, 3.05) is 44.7 Å². The quantitative estimate of drug-likeness (QED) is 0.863. The normalized spacial score (nSPS) is 16.6. The number of benzene rings is 1. The molecule has 7 heteroatoms. The number of ether oxygens (including phenoxy) is 1. The summed E-state index contributed by atoms with van der Waals surface area (Å²) in [5.41, 5.74) is 2.74. The topological polar surface area (TPSA) is 70.7 Å². The molecule has 0 atom stereocenters. The van der Waals surface area contributed by atoms with Crippen molar-refractivity contribution in [3.05, 3.63) is 29.3 Å². The van der Waals surface area contributed by atoms with Gasteiger partial charge in [0.2, 0.25) is 5.91 Å². The maximum atomic E-state index is 12.4. The maximum Gasteiger partial charge on any atom is 0.252 e. The number of hydrogen-bond acceptors (Lipinski definition) is 4. The Morgan fingerprint density at radius 1 is 1.26 bits per heavy atom. The number of nitrogens with zero attached hydrogens (tertiary/aromatic N) is 1. The van der Waals surface area contributed by atoms with Crippen molar-refractivity contribution in [3.63, 3.8) is 0 Å². The first kappa shape index (κ1) is 17.6. The SMILES string of the molecule is Cl.O=C(NCC(=O)N1CCOCC1)c1cccc2c1CCCN2. The zero-order valence-corrected chi connectivity index (χ0v) is 13.8. The van der Waals surface area contributed by atoms with Crippen LogP contribution >= 0.6 is 12.4 Å². The van der Waals surface area contributed by atoms with E-state index in [4.69, 9.17) is 4.74 Å². The fourth-order valence-electron chi connectivity index (χ4n) is 2.90. The van der Waals surface area contributed by atoms with E-state index < -0.39 is 0 Å². The number of hydrogen-bond donors (Lipinski definition) is 2. The zero-order valence-electron chi connectivity index (χ0n) is 13.0. The van der Waals surface area contributed by atoms with E-state index in [9.17, 15) is 9.59 Å². The first-order valence-corrected chi connectivity index (χ1v) is 7.75. The van der Waals surface area contributed by atoms with Gasteiger partial charge in [-0.1, -0.05) is 6.07 Å². The Bertz CT molecular complexity index is 574. The number of fused-ring (bicyclic) bond motifs is 1. The smallest absolute Gasteiger partial charge is 0.252 e. The molecule has 2 aliphatic rings. The van der Waals surface area contributed by atoms with Crippen LogP contribution in [0, 0.1) is 0 Å². The van der Waals surface area contributed by atoms with Gasteiger partial charge in [-0.25, -0.2) is 0 Å². The molecule has 6 nitrogen and oxygen atoms in total. The third-order valence-electron chi connectivity index (χ3n) is 4.10. The van der Waals surface area contributed by atoms with Crippen LogP contribution in [0.2, 0.25) is 0 Å². The minimum Gasteiger partial charge on any atom is -0.385 e. The highest BCUT2D eigenvalue weighted by Crippen LogP contribution is 2.25. The summed E-state index contributed by atoms with van der Waals surface area (Å²) in [4.78, 5) is 26.2. The highest BCUT2D eigenvalue weighted by molar-refractivity contribution is 5.99. The Morgan fingerprint density at radius 3 is 2.83 bits per heavy atom. The molecular weight excluding hydrogens is 318 g/mol. The molecule has 2 amide bonds. The number of morpholine rings is 1. The lowest BCUT2D eigenvalue weighted by molar-refractivity contribution is -0.134. The van der Waals surface area contributed by atoms with Crippen molar-refractivity contribution in [2.45, 2.75) is 12.8 Å². The number of carbonyl (C=O) groups is 2. The summed E-state index contributed by atoms with van der Waals surface area (Å²) in [5, 5.41) is 6.05. The zero-order chi connectivity index (χ0) is 15.4. The van der Waals surface area contributed by atoms with E-state index >= 15 is 0 Å². The van der Waals surface area contributed by atoms with E-state index in [-0.39, 0.29) is 30.8 Å². The molecule has 1 saturated heterocycles. The second kappa shape index (κ2) is 8.17. The second-order valence-corrected chi connectivity index (χ2v) is 5.54. The monoisotopic (exact) mass is 339 g/mol. The summed E-state index contributed by atoms with van der Waals surface area (Å²) in [6.07, 6.45) is 1.91. The molecule has 3 rings (SSSR count). The molecule has 0 spiro atoms. The van der Waals surface area contributed by atoms with E-state index in [2.05, 4.69) is 10.6 Å². The van der Waals surface area contributed by atoms with Crippen molar-refractivity contribution in [2.24, 2.45) is 0 Å². The van der Waals surface area contributed by atoms with Crippen LogP contribution in [0.1, 0.15) is 22.3 Å². The molecule has 0 aromatic heterocycles. The lowest BCUT2D eigenvalue weighted by Crippen LogP contribution is -2.45. The Labute approximate surface area is 142 Å². The van der Waals surface area contributed by atoms with Crippen molar-refractivity contribution in [1.82, 2.24) is 10.2 Å². The van der Waals surface area contributed by atoms with Crippen LogP contribution in [0.5, 0.6) is 0 Å². The van der Waals surface area contributed by atoms with Crippen molar-refractivity contribution in [1.29, 1.82) is 0 Å². The molecule has 1 aromatic carbocycles. The Hall–Kier alpha value is -1.79. The van der Waals surface area contributed by atoms with E-state index in [1.54, 1.807) is 4.90 Å². The molecule has 126 valence electrons. The van der Waals surface area contributed by atoms with E-state index in [0.29, 0.717) is 31.9 Å². The number of amides is 2. The molecule has 0 aliphatic carbocycles. The molecule has 2 heterocycles. The summed E-state index contributed by atoms with van der Waals surface area (Å²) in [6, 6.07) is 5.68. The molecule has 0 radical (unpaired) electrons. The van der Waals surface area contributed by atoms with Crippen LogP contribution in [-0.2, 0) is 16.0 Å². The van der Waals surface area contributed by atoms with Gasteiger partial charge < -0.3 is 20.3 Å². The summed E-state index contributed by atoms with van der Waals surface area (Å²) in [6.45, 7) is 3.30. The molecule has 1 aromatic rings. The molecule has 0 saturated carbocycles. The standard InChI is InChI=1S/C16H21N3O3.ClH/c20-15(19-7-9-22-10-8-19)11-18-16(21)13-3-1-5-14-12(13)4-2-6-17-14;/h1,3,5,17H,2,4,6-11H2,(H,18,21);1H. The number of anilines is 1. The van der Waals surface area contributed by atoms with Crippen LogP contribution in [-0.4, -0.2) is 56.1 Å².